The van der Waals surface area contributed by atoms with Crippen LogP contribution in [0.15, 0.2) is 0 Å². The zero-order valence-electron chi connectivity index (χ0n) is 37.9. The summed E-state index contributed by atoms with van der Waals surface area (Å²) in [6, 6.07) is 0. The Hall–Kier alpha value is 4.42. The van der Waals surface area contributed by atoms with Crippen LogP contribution in [-0.4, -0.2) is 0 Å². The van der Waals surface area contributed by atoms with E-state index in [1.54, 1.807) is 0 Å². The average molecular weight is 1020 g/mol. The van der Waals surface area contributed by atoms with Crippen LogP contribution in [0.5, 0.6) is 0 Å². The van der Waals surface area contributed by atoms with Gasteiger partial charge in [-0.1, -0.05) is 260 Å². The molecule has 0 saturated heterocycles. The van der Waals surface area contributed by atoms with Crippen molar-refractivity contribution in [3.63, 3.8) is 0 Å². The molecule has 0 aromatic heterocycles. The average Bonchev–Trinajstić information content (AvgIpc) is 2.99. The molecule has 0 aromatic carbocycles. The van der Waals surface area contributed by atoms with Crippen LogP contribution in [0.1, 0.15) is 266 Å². The van der Waals surface area contributed by atoms with Crippen LogP contribution in [0.3, 0.4) is 0 Å². The van der Waals surface area contributed by atoms with Gasteiger partial charge in [0.15, 0.2) is 0 Å². The first-order valence-electron chi connectivity index (χ1n) is 19.1. The summed E-state index contributed by atoms with van der Waals surface area (Å²) >= 11 is 0. The van der Waals surface area contributed by atoms with Crippen LogP contribution in [0.25, 0.3) is 0 Å². The molecule has 0 fully saturated rings. The van der Waals surface area contributed by atoms with E-state index in [4.69, 9.17) is 5.48 Å². The maximum atomic E-state index is 7.69. The third kappa shape index (κ3) is 127. The van der Waals surface area contributed by atoms with Crippen LogP contribution in [0.4, 0.5) is 0 Å². The van der Waals surface area contributed by atoms with Gasteiger partial charge in [0, 0.05) is 136 Å². The Labute approximate surface area is 432 Å². The predicted molar refractivity (Wildman–Crippen MR) is 234 cm³/mol. The molecule has 4 heteroatoms. The van der Waals surface area contributed by atoms with E-state index < -0.39 is 0 Å². The van der Waals surface area contributed by atoms with Crippen molar-refractivity contribution in [1.82, 2.24) is 0 Å². The molecular formula is C45H112Y4-4. The summed E-state index contributed by atoms with van der Waals surface area (Å²) in [5.41, 5.74) is 0. The minimum atomic E-state index is 0. The normalized spacial score (nSPS) is 12.4. The van der Waals surface area contributed by atoms with Crippen molar-refractivity contribution in [2.24, 2.45) is 11.8 Å². The zero-order valence-corrected chi connectivity index (χ0v) is 45.3. The minimum Gasteiger partial charge on any atom is -0.358 e. The second kappa shape index (κ2) is 117. The smallest absolute Gasteiger partial charge is 0.0267 e. The molecule has 6 atom stereocenters. The number of unbranched alkanes of at least 4 members (excludes halogenated alkanes) is 4. The molecule has 0 aliphatic rings. The SMILES string of the molecule is C.C.C.C.C.[3H]C(CC)CC(CC)CCCC.[3H]C(CC)CC(CC)CCCC.[3H]C(CC)CCCC.[3H]C(CC)CCCC.[CH3-].[CH3-].[CH3-].[CH3-].[Y].[Y].[Y].[Y]. The van der Waals surface area contributed by atoms with Crippen LogP contribution in [-0.2, 0) is 131 Å². The molecule has 0 nitrogen and oxygen atoms in total. The van der Waals surface area contributed by atoms with Crippen LogP contribution in [0.2, 0.25) is 0 Å². The Morgan fingerprint density at radius 2 is 0.531 bits per heavy atom. The van der Waals surface area contributed by atoms with Crippen LogP contribution in [0, 0.1) is 41.5 Å². The first-order chi connectivity index (χ1) is 19.1. The quantitative estimate of drug-likeness (QED) is 0.0948. The fraction of sp³-hybridized carbons (Fsp3) is 0.911. The summed E-state index contributed by atoms with van der Waals surface area (Å²) in [6.45, 7) is 21.7. The maximum Gasteiger partial charge on any atom is 0.0267 e. The van der Waals surface area contributed by atoms with Gasteiger partial charge in [-0.15, -0.1) is 0 Å². The van der Waals surface area contributed by atoms with Crippen molar-refractivity contribution in [2.75, 3.05) is 0 Å². The second-order valence-corrected chi connectivity index (χ2v) is 10.4. The van der Waals surface area contributed by atoms with Crippen molar-refractivity contribution in [3.05, 3.63) is 29.7 Å². The largest absolute Gasteiger partial charge is 0.358 e. The van der Waals surface area contributed by atoms with Gasteiger partial charge in [0.2, 0.25) is 0 Å². The van der Waals surface area contributed by atoms with Gasteiger partial charge in [-0.05, 0) is 11.8 Å². The van der Waals surface area contributed by atoms with E-state index in [2.05, 4.69) is 69.2 Å². The molecule has 4 radical (unpaired) electrons. The molecule has 0 N–H and O–H groups in total. The topological polar surface area (TPSA) is 0 Å². The van der Waals surface area contributed by atoms with Crippen LogP contribution >= 0.6 is 0 Å². The van der Waals surface area contributed by atoms with Gasteiger partial charge in [-0.3, -0.25) is 0 Å². The molecule has 0 saturated carbocycles. The fourth-order valence-electron chi connectivity index (χ4n) is 3.87. The predicted octanol–water partition coefficient (Wildman–Crippen LogP) is 19.7. The molecule has 0 aliphatic carbocycles. The Bertz CT molecular complexity index is 401. The molecule has 308 valence electrons. The van der Waals surface area contributed by atoms with E-state index in [0.717, 1.165) is 63.2 Å². The van der Waals surface area contributed by atoms with Crippen molar-refractivity contribution in [3.8, 4) is 0 Å². The summed E-state index contributed by atoms with van der Waals surface area (Å²) in [5.74, 6) is 1.62. The van der Waals surface area contributed by atoms with E-state index in [9.17, 15) is 0 Å². The molecule has 0 amide bonds. The second-order valence-electron chi connectivity index (χ2n) is 10.4. The summed E-state index contributed by atoms with van der Waals surface area (Å²) in [4.78, 5) is 0. The van der Waals surface area contributed by atoms with Crippen molar-refractivity contribution < 1.29 is 136 Å². The molecule has 6 unspecified atom stereocenters. The van der Waals surface area contributed by atoms with E-state index in [-0.39, 0.29) is 223 Å². The van der Waals surface area contributed by atoms with E-state index in [0.29, 0.717) is 0 Å². The summed E-state index contributed by atoms with van der Waals surface area (Å²) in [6.07, 6.45) is 24.6. The summed E-state index contributed by atoms with van der Waals surface area (Å²) in [5, 5.41) is 0. The van der Waals surface area contributed by atoms with Gasteiger partial charge in [-0.2, -0.15) is 0 Å². The standard InChI is InChI=1S/2C11H24.2C7H16.5CH4.4CH3.4Y/c2*1-4-7-9-11(6-3)10-8-5-2;2*1-3-5-7-6-4-2;;;;;;;;;;;;;/h2*11H,4-10H2,1-3H3;2*3-7H2,1-2H3;5*1H4;4*1H3;;;;/q;;;;;;;;;4*-1;;;;/i2*7T;2*5T;;;;;;;;;;;;;. The molecule has 0 aromatic rings. The molecule has 49 heavy (non-hydrogen) atoms. The monoisotopic (exact) mass is 1020 g/mol. The molecule has 0 rings (SSSR count). The first kappa shape index (κ1) is 89.8. The van der Waals surface area contributed by atoms with Gasteiger partial charge in [0.05, 0.1) is 0 Å². The molecule has 0 aliphatic heterocycles. The Morgan fingerprint density at radius 3 is 0.694 bits per heavy atom. The van der Waals surface area contributed by atoms with Gasteiger partial charge in [-0.25, -0.2) is 0 Å². The van der Waals surface area contributed by atoms with Crippen molar-refractivity contribution in [2.45, 2.75) is 260 Å². The van der Waals surface area contributed by atoms with Crippen molar-refractivity contribution >= 4 is 0 Å². The maximum absolute atomic E-state index is 7.69. The van der Waals surface area contributed by atoms with Crippen LogP contribution < -0.4 is 0 Å². The van der Waals surface area contributed by atoms with Gasteiger partial charge < -0.3 is 29.7 Å². The van der Waals surface area contributed by atoms with E-state index >= 15 is 0 Å². The molecule has 0 heterocycles. The van der Waals surface area contributed by atoms with E-state index in [1.165, 1.54) is 77.0 Å². The number of hydrogen-bond donors (Lipinski definition) is 0. The third-order valence-electron chi connectivity index (χ3n) is 6.76. The Kier molecular flexibility index (Phi) is 215. The summed E-state index contributed by atoms with van der Waals surface area (Å²) < 4.78 is 30.0. The zero-order chi connectivity index (χ0) is 31.6. The van der Waals surface area contributed by atoms with Gasteiger partial charge >= 0.3 is 0 Å². The van der Waals surface area contributed by atoms with E-state index in [1.807, 2.05) is 0 Å². The van der Waals surface area contributed by atoms with Gasteiger partial charge in [0.25, 0.3) is 0 Å². The minimum absolute atomic E-state index is 0. The molecular weight excluding hydrogens is 896 g/mol. The Morgan fingerprint density at radius 1 is 0.306 bits per heavy atom. The van der Waals surface area contributed by atoms with Crippen molar-refractivity contribution in [1.29, 1.82) is 0 Å². The van der Waals surface area contributed by atoms with Gasteiger partial charge in [0.1, 0.15) is 0 Å². The number of hydrogen-bond acceptors (Lipinski definition) is 0. The molecule has 0 spiro atoms. The molecule has 0 bridgehead atoms. The number of rotatable bonds is 22. The first-order valence-corrected chi connectivity index (χ1v) is 16.8. The third-order valence-corrected chi connectivity index (χ3v) is 6.76. The fourth-order valence-corrected chi connectivity index (χ4v) is 3.87. The summed E-state index contributed by atoms with van der Waals surface area (Å²) in [7, 11) is 0. The Balaban J connectivity index is -0.0000000203.